The summed E-state index contributed by atoms with van der Waals surface area (Å²) in [4.78, 5) is 12.6. The molecule has 2 aromatic carbocycles. The van der Waals surface area contributed by atoms with Crippen LogP contribution in [0.3, 0.4) is 0 Å². The van der Waals surface area contributed by atoms with Crippen LogP contribution in [-0.4, -0.2) is 47.8 Å². The van der Waals surface area contributed by atoms with Crippen LogP contribution in [0, 0.1) is 0 Å². The van der Waals surface area contributed by atoms with Gasteiger partial charge in [0.15, 0.2) is 28.2 Å². The van der Waals surface area contributed by atoms with Gasteiger partial charge in [-0.3, -0.25) is 4.72 Å². The van der Waals surface area contributed by atoms with Crippen LogP contribution in [-0.2, 0) is 16.6 Å². The van der Waals surface area contributed by atoms with Gasteiger partial charge in [-0.15, -0.1) is 0 Å². The number of ether oxygens (including phenoxy) is 3. The van der Waals surface area contributed by atoms with E-state index < -0.39 is 10.0 Å². The van der Waals surface area contributed by atoms with Crippen molar-refractivity contribution in [2.24, 2.45) is 0 Å². The van der Waals surface area contributed by atoms with Crippen LogP contribution in [0.1, 0.15) is 5.56 Å². The number of nitrogens with one attached hydrogen (secondary N) is 1. The highest BCUT2D eigenvalue weighted by Crippen LogP contribution is 2.41. The van der Waals surface area contributed by atoms with Crippen molar-refractivity contribution in [1.82, 2.24) is 15.0 Å². The Morgan fingerprint density at radius 1 is 0.944 bits per heavy atom. The minimum atomic E-state index is -4.25. The Morgan fingerprint density at radius 3 is 2.36 bits per heavy atom. The van der Waals surface area contributed by atoms with Crippen LogP contribution < -0.4 is 18.9 Å². The number of benzene rings is 2. The number of aromatic hydroxyl groups is 1. The van der Waals surface area contributed by atoms with E-state index in [0.717, 1.165) is 0 Å². The van der Waals surface area contributed by atoms with E-state index in [2.05, 4.69) is 19.7 Å². The first-order chi connectivity index (χ1) is 17.3. The Morgan fingerprint density at radius 2 is 1.72 bits per heavy atom. The number of aliphatic hydroxyl groups is 1. The molecule has 0 aliphatic rings. The van der Waals surface area contributed by atoms with E-state index in [1.807, 2.05) is 0 Å². The molecule has 11 nitrogen and oxygen atoms in total. The maximum atomic E-state index is 13.2. The SMILES string of the molecule is COc1ccccc1Oc1c(NS(=O)(=O)c2ccc(CO)cn2)nc(-c2cccc(O)c2)nc1OC. The van der Waals surface area contributed by atoms with Crippen LogP contribution >= 0.6 is 0 Å². The highest BCUT2D eigenvalue weighted by atomic mass is 32.2. The van der Waals surface area contributed by atoms with Gasteiger partial charge in [-0.05, 0) is 35.9 Å². The predicted octanol–water partition coefficient (Wildman–Crippen LogP) is 3.35. The second-order valence-electron chi connectivity index (χ2n) is 7.31. The van der Waals surface area contributed by atoms with Crippen molar-refractivity contribution in [2.45, 2.75) is 11.6 Å². The summed E-state index contributed by atoms with van der Waals surface area (Å²) >= 11 is 0. The second-order valence-corrected chi connectivity index (χ2v) is 8.94. The first-order valence-corrected chi connectivity index (χ1v) is 12.0. The normalized spacial score (nSPS) is 11.1. The van der Waals surface area contributed by atoms with Gasteiger partial charge < -0.3 is 24.4 Å². The first kappa shape index (κ1) is 24.7. The number of phenols is 1. The smallest absolute Gasteiger partial charge is 0.280 e. The highest BCUT2D eigenvalue weighted by Gasteiger charge is 2.25. The summed E-state index contributed by atoms with van der Waals surface area (Å²) in [7, 11) is -1.44. The third-order valence-corrected chi connectivity index (χ3v) is 6.15. The summed E-state index contributed by atoms with van der Waals surface area (Å²) in [6.07, 6.45) is 1.25. The van der Waals surface area contributed by atoms with Crippen molar-refractivity contribution < 1.29 is 32.8 Å². The van der Waals surface area contributed by atoms with Gasteiger partial charge in [0.05, 0.1) is 20.8 Å². The van der Waals surface area contributed by atoms with E-state index in [-0.39, 0.29) is 46.4 Å². The molecule has 0 aliphatic heterocycles. The topological polar surface area (TPSA) is 153 Å². The summed E-state index contributed by atoms with van der Waals surface area (Å²) in [6, 6.07) is 15.6. The Bertz CT molecular complexity index is 1480. The molecule has 0 atom stereocenters. The van der Waals surface area contributed by atoms with Gasteiger partial charge in [-0.2, -0.15) is 13.4 Å². The van der Waals surface area contributed by atoms with Crippen LogP contribution in [0.2, 0.25) is 0 Å². The fourth-order valence-corrected chi connectivity index (χ4v) is 4.10. The maximum absolute atomic E-state index is 13.2. The molecule has 0 saturated heterocycles. The zero-order valence-electron chi connectivity index (χ0n) is 19.2. The zero-order valence-corrected chi connectivity index (χ0v) is 20.1. The number of hydrogen-bond acceptors (Lipinski definition) is 10. The lowest BCUT2D eigenvalue weighted by atomic mass is 10.2. The summed E-state index contributed by atoms with van der Waals surface area (Å²) in [5.74, 6) is 0.247. The molecule has 0 fully saturated rings. The molecule has 186 valence electrons. The summed E-state index contributed by atoms with van der Waals surface area (Å²) < 4.78 is 45.5. The van der Waals surface area contributed by atoms with Crippen LogP contribution in [0.5, 0.6) is 28.9 Å². The van der Waals surface area contributed by atoms with Gasteiger partial charge in [0, 0.05) is 11.8 Å². The number of aliphatic hydroxyl groups excluding tert-OH is 1. The van der Waals surface area contributed by atoms with E-state index in [0.29, 0.717) is 16.9 Å². The molecule has 0 spiro atoms. The van der Waals surface area contributed by atoms with E-state index in [1.54, 1.807) is 36.4 Å². The van der Waals surface area contributed by atoms with Crippen LogP contribution in [0.15, 0.2) is 71.9 Å². The fraction of sp³-hybridized carbons (Fsp3) is 0.125. The number of hydrogen-bond donors (Lipinski definition) is 3. The van der Waals surface area contributed by atoms with Gasteiger partial charge >= 0.3 is 0 Å². The fourth-order valence-electron chi connectivity index (χ4n) is 3.16. The molecule has 0 amide bonds. The third kappa shape index (κ3) is 5.29. The van der Waals surface area contributed by atoms with Crippen molar-refractivity contribution >= 4 is 15.8 Å². The second kappa shape index (κ2) is 10.5. The molecule has 36 heavy (non-hydrogen) atoms. The van der Waals surface area contributed by atoms with Gasteiger partial charge in [-0.1, -0.05) is 30.3 Å². The number of aromatic nitrogens is 3. The monoisotopic (exact) mass is 510 g/mol. The number of para-hydroxylation sites is 2. The van der Waals surface area contributed by atoms with Crippen molar-refractivity contribution in [1.29, 1.82) is 0 Å². The number of sulfonamides is 1. The minimum Gasteiger partial charge on any atom is -0.508 e. The number of anilines is 1. The Hall–Kier alpha value is -4.42. The molecule has 0 saturated carbocycles. The lowest BCUT2D eigenvalue weighted by Gasteiger charge is -2.17. The number of phenolic OH excluding ortho intramolecular Hbond substituents is 1. The van der Waals surface area contributed by atoms with Crippen molar-refractivity contribution in [3.8, 4) is 40.3 Å². The number of rotatable bonds is 9. The standard InChI is InChI=1S/C24H22N4O7S/c1-33-18-8-3-4-9-19(18)35-21-23(28-36(31,32)20-11-10-15(14-29)13-25-20)26-22(27-24(21)34-2)16-6-5-7-17(30)12-16/h3-13,29-30H,14H2,1-2H3,(H,26,27,28). The Kier molecular flexibility index (Phi) is 7.17. The van der Waals surface area contributed by atoms with Gasteiger partial charge in [0.1, 0.15) is 5.75 Å². The minimum absolute atomic E-state index is 0.0280. The molecular weight excluding hydrogens is 488 g/mol. The molecule has 4 aromatic rings. The van der Waals surface area contributed by atoms with Crippen molar-refractivity contribution in [2.75, 3.05) is 18.9 Å². The number of nitrogens with zero attached hydrogens (tertiary/aromatic N) is 3. The molecule has 12 heteroatoms. The largest absolute Gasteiger partial charge is 0.508 e. The molecule has 2 heterocycles. The maximum Gasteiger partial charge on any atom is 0.280 e. The molecule has 3 N–H and O–H groups in total. The number of methoxy groups -OCH3 is 2. The number of pyridine rings is 1. The van der Waals surface area contributed by atoms with Crippen molar-refractivity contribution in [3.05, 3.63) is 72.4 Å². The van der Waals surface area contributed by atoms with E-state index in [1.165, 1.54) is 44.7 Å². The molecule has 0 unspecified atom stereocenters. The first-order valence-electron chi connectivity index (χ1n) is 10.5. The zero-order chi connectivity index (χ0) is 25.7. The summed E-state index contributed by atoms with van der Waals surface area (Å²) in [5.41, 5.74) is 0.854. The van der Waals surface area contributed by atoms with Crippen LogP contribution in [0.25, 0.3) is 11.4 Å². The quantitative estimate of drug-likeness (QED) is 0.305. The van der Waals surface area contributed by atoms with E-state index >= 15 is 0 Å². The van der Waals surface area contributed by atoms with Gasteiger partial charge in [0.25, 0.3) is 15.9 Å². The Balaban J connectivity index is 1.86. The molecule has 4 rings (SSSR count). The van der Waals surface area contributed by atoms with Crippen molar-refractivity contribution in [3.63, 3.8) is 0 Å². The average Bonchev–Trinajstić information content (AvgIpc) is 2.89. The lowest BCUT2D eigenvalue weighted by Crippen LogP contribution is -2.17. The van der Waals surface area contributed by atoms with E-state index in [9.17, 15) is 18.6 Å². The van der Waals surface area contributed by atoms with E-state index in [4.69, 9.17) is 14.2 Å². The average molecular weight is 511 g/mol. The highest BCUT2D eigenvalue weighted by molar-refractivity contribution is 7.92. The predicted molar refractivity (Wildman–Crippen MR) is 130 cm³/mol. The molecule has 2 aromatic heterocycles. The summed E-state index contributed by atoms with van der Waals surface area (Å²) in [6.45, 7) is -0.284. The lowest BCUT2D eigenvalue weighted by molar-refractivity contribution is 0.281. The molecule has 0 bridgehead atoms. The van der Waals surface area contributed by atoms with Crippen LogP contribution in [0.4, 0.5) is 5.82 Å². The third-order valence-electron chi connectivity index (χ3n) is 4.90. The van der Waals surface area contributed by atoms with Gasteiger partial charge in [-0.25, -0.2) is 9.97 Å². The Labute approximate surface area is 207 Å². The van der Waals surface area contributed by atoms with Gasteiger partial charge in [0.2, 0.25) is 5.75 Å². The summed E-state index contributed by atoms with van der Waals surface area (Å²) in [5, 5.41) is 18.8. The molecule has 0 radical (unpaired) electrons. The molecular formula is C24H22N4O7S. The molecule has 0 aliphatic carbocycles.